The number of rotatable bonds is 3. The highest BCUT2D eigenvalue weighted by molar-refractivity contribution is 6.31. The fraction of sp³-hybridized carbons (Fsp3) is 0.0714. The van der Waals surface area contributed by atoms with E-state index in [-0.39, 0.29) is 17.2 Å². The number of carbonyl (C=O) groups is 2. The van der Waals surface area contributed by atoms with Crippen LogP contribution in [0.25, 0.3) is 0 Å². The van der Waals surface area contributed by atoms with Gasteiger partial charge in [0.25, 0.3) is 5.91 Å². The Bertz CT molecular complexity index is 656. The van der Waals surface area contributed by atoms with Crippen molar-refractivity contribution in [3.8, 4) is 0 Å². The average molecular weight is 291 g/mol. The molecule has 1 aromatic carbocycles. The molecule has 6 heteroatoms. The Morgan fingerprint density at radius 1 is 1.20 bits per heavy atom. The Hall–Kier alpha value is -2.40. The maximum absolute atomic E-state index is 12.2. The van der Waals surface area contributed by atoms with Gasteiger partial charge >= 0.3 is 5.97 Å². The van der Waals surface area contributed by atoms with Gasteiger partial charge in [-0.05, 0) is 36.4 Å². The van der Waals surface area contributed by atoms with Crippen molar-refractivity contribution in [2.45, 2.75) is 0 Å². The Morgan fingerprint density at radius 3 is 2.40 bits per heavy atom. The van der Waals surface area contributed by atoms with Gasteiger partial charge in [0.1, 0.15) is 5.69 Å². The SMILES string of the molecule is CN(C(=O)c1cc(Cl)ccn1)c1ccc(C(=O)O)cc1. The van der Waals surface area contributed by atoms with Gasteiger partial charge < -0.3 is 10.0 Å². The molecule has 1 amide bonds. The lowest BCUT2D eigenvalue weighted by molar-refractivity contribution is 0.0696. The minimum absolute atomic E-state index is 0.162. The smallest absolute Gasteiger partial charge is 0.335 e. The number of carboxylic acids is 1. The Morgan fingerprint density at radius 2 is 1.85 bits per heavy atom. The molecule has 0 aliphatic heterocycles. The van der Waals surface area contributed by atoms with Gasteiger partial charge in [0.15, 0.2) is 0 Å². The van der Waals surface area contributed by atoms with Crippen molar-refractivity contribution in [3.05, 3.63) is 58.9 Å². The van der Waals surface area contributed by atoms with Crippen LogP contribution < -0.4 is 4.90 Å². The molecule has 0 spiro atoms. The number of hydrogen-bond acceptors (Lipinski definition) is 3. The van der Waals surface area contributed by atoms with E-state index in [1.54, 1.807) is 25.2 Å². The molecular weight excluding hydrogens is 280 g/mol. The number of hydrogen-bond donors (Lipinski definition) is 1. The van der Waals surface area contributed by atoms with Crippen LogP contribution in [-0.2, 0) is 0 Å². The maximum atomic E-state index is 12.2. The van der Waals surface area contributed by atoms with Crippen LogP contribution in [0, 0.1) is 0 Å². The molecule has 0 radical (unpaired) electrons. The summed E-state index contributed by atoms with van der Waals surface area (Å²) in [5.74, 6) is -1.34. The normalized spacial score (nSPS) is 10.1. The van der Waals surface area contributed by atoms with Crippen molar-refractivity contribution >= 4 is 29.2 Å². The van der Waals surface area contributed by atoms with Gasteiger partial charge in [0, 0.05) is 24.0 Å². The predicted octanol–water partition coefficient (Wildman–Crippen LogP) is 2.71. The van der Waals surface area contributed by atoms with Crippen LogP contribution in [0.1, 0.15) is 20.8 Å². The second-order valence-electron chi connectivity index (χ2n) is 4.08. The number of aromatic nitrogens is 1. The monoisotopic (exact) mass is 290 g/mol. The van der Waals surface area contributed by atoms with E-state index in [2.05, 4.69) is 4.98 Å². The number of nitrogens with zero attached hydrogens (tertiary/aromatic N) is 2. The topological polar surface area (TPSA) is 70.5 Å². The van der Waals surface area contributed by atoms with Crippen molar-refractivity contribution in [2.75, 3.05) is 11.9 Å². The molecule has 1 aromatic heterocycles. The first-order valence-electron chi connectivity index (χ1n) is 5.72. The molecule has 0 atom stereocenters. The number of pyridine rings is 1. The van der Waals surface area contributed by atoms with E-state index in [1.165, 1.54) is 29.3 Å². The first kappa shape index (κ1) is 14.0. The van der Waals surface area contributed by atoms with Crippen LogP contribution in [0.3, 0.4) is 0 Å². The molecule has 0 bridgehead atoms. The number of aromatic carboxylic acids is 1. The first-order valence-corrected chi connectivity index (χ1v) is 6.10. The molecule has 102 valence electrons. The van der Waals surface area contributed by atoms with Gasteiger partial charge in [-0.1, -0.05) is 11.6 Å². The van der Waals surface area contributed by atoms with E-state index < -0.39 is 5.97 Å². The summed E-state index contributed by atoms with van der Waals surface area (Å²) in [6.07, 6.45) is 1.46. The van der Waals surface area contributed by atoms with Crippen LogP contribution in [0.15, 0.2) is 42.6 Å². The van der Waals surface area contributed by atoms with Crippen molar-refractivity contribution < 1.29 is 14.7 Å². The third-order valence-corrected chi connectivity index (χ3v) is 2.98. The summed E-state index contributed by atoms with van der Waals surface area (Å²) in [5, 5.41) is 9.26. The van der Waals surface area contributed by atoms with E-state index in [4.69, 9.17) is 16.7 Å². The second kappa shape index (κ2) is 5.71. The van der Waals surface area contributed by atoms with Gasteiger partial charge in [0.05, 0.1) is 5.56 Å². The van der Waals surface area contributed by atoms with Gasteiger partial charge in [-0.3, -0.25) is 9.78 Å². The number of benzene rings is 1. The van der Waals surface area contributed by atoms with Crippen molar-refractivity contribution in [1.82, 2.24) is 4.98 Å². The molecule has 2 aromatic rings. The molecule has 0 unspecified atom stereocenters. The van der Waals surface area contributed by atoms with E-state index in [1.807, 2.05) is 0 Å². The highest BCUT2D eigenvalue weighted by Crippen LogP contribution is 2.17. The number of carboxylic acid groups (broad SMARTS) is 1. The van der Waals surface area contributed by atoms with E-state index in [0.717, 1.165) is 0 Å². The Labute approximate surface area is 120 Å². The molecule has 0 saturated carbocycles. The lowest BCUT2D eigenvalue weighted by Crippen LogP contribution is -2.27. The summed E-state index contributed by atoms with van der Waals surface area (Å²) in [7, 11) is 1.58. The van der Waals surface area contributed by atoms with Crippen molar-refractivity contribution in [1.29, 1.82) is 0 Å². The largest absolute Gasteiger partial charge is 0.478 e. The van der Waals surface area contributed by atoms with E-state index in [0.29, 0.717) is 10.7 Å². The predicted molar refractivity (Wildman–Crippen MR) is 75.4 cm³/mol. The maximum Gasteiger partial charge on any atom is 0.335 e. The molecule has 0 fully saturated rings. The molecule has 0 aliphatic carbocycles. The summed E-state index contributed by atoms with van der Waals surface area (Å²) >= 11 is 5.82. The molecule has 5 nitrogen and oxygen atoms in total. The lowest BCUT2D eigenvalue weighted by atomic mass is 10.2. The van der Waals surface area contributed by atoms with E-state index >= 15 is 0 Å². The highest BCUT2D eigenvalue weighted by Gasteiger charge is 2.15. The molecular formula is C14H11ClN2O3. The summed E-state index contributed by atoms with van der Waals surface area (Å²) in [6.45, 7) is 0. The number of amides is 1. The fourth-order valence-corrected chi connectivity index (χ4v) is 1.80. The minimum Gasteiger partial charge on any atom is -0.478 e. The van der Waals surface area contributed by atoms with Crippen LogP contribution in [0.4, 0.5) is 5.69 Å². The first-order chi connectivity index (χ1) is 9.49. The molecule has 0 saturated heterocycles. The van der Waals surface area contributed by atoms with Crippen LogP contribution >= 0.6 is 11.6 Å². The van der Waals surface area contributed by atoms with E-state index in [9.17, 15) is 9.59 Å². The third kappa shape index (κ3) is 2.95. The molecule has 1 N–H and O–H groups in total. The summed E-state index contributed by atoms with van der Waals surface area (Å²) in [4.78, 5) is 28.3. The van der Waals surface area contributed by atoms with Gasteiger partial charge in [-0.25, -0.2) is 4.79 Å². The summed E-state index contributed by atoms with van der Waals surface area (Å²) in [6, 6.07) is 9.06. The zero-order chi connectivity index (χ0) is 14.7. The zero-order valence-corrected chi connectivity index (χ0v) is 11.3. The molecule has 20 heavy (non-hydrogen) atoms. The lowest BCUT2D eigenvalue weighted by Gasteiger charge is -2.17. The quantitative estimate of drug-likeness (QED) is 0.943. The summed E-state index contributed by atoms with van der Waals surface area (Å²) in [5.41, 5.74) is 0.958. The Balaban J connectivity index is 2.24. The summed E-state index contributed by atoms with van der Waals surface area (Å²) < 4.78 is 0. The fourth-order valence-electron chi connectivity index (χ4n) is 1.64. The third-order valence-electron chi connectivity index (χ3n) is 2.75. The Kier molecular flexibility index (Phi) is 4.00. The number of carbonyl (C=O) groups excluding carboxylic acids is 1. The zero-order valence-electron chi connectivity index (χ0n) is 10.6. The van der Waals surface area contributed by atoms with Gasteiger partial charge in [-0.15, -0.1) is 0 Å². The van der Waals surface area contributed by atoms with Crippen LogP contribution in [0.5, 0.6) is 0 Å². The van der Waals surface area contributed by atoms with Crippen LogP contribution in [-0.4, -0.2) is 29.0 Å². The van der Waals surface area contributed by atoms with Crippen molar-refractivity contribution in [2.24, 2.45) is 0 Å². The molecule has 1 heterocycles. The van der Waals surface area contributed by atoms with Gasteiger partial charge in [0.2, 0.25) is 0 Å². The number of halogens is 1. The standard InChI is InChI=1S/C14H11ClN2O3/c1-17(11-4-2-9(3-5-11)14(19)20)13(18)12-8-10(15)6-7-16-12/h2-8H,1H3,(H,19,20). The average Bonchev–Trinajstić information content (AvgIpc) is 2.46. The second-order valence-corrected chi connectivity index (χ2v) is 4.51. The molecule has 0 aliphatic rings. The van der Waals surface area contributed by atoms with Crippen LogP contribution in [0.2, 0.25) is 5.02 Å². The van der Waals surface area contributed by atoms with Gasteiger partial charge in [-0.2, -0.15) is 0 Å². The van der Waals surface area contributed by atoms with Crippen molar-refractivity contribution in [3.63, 3.8) is 0 Å². The molecule has 2 rings (SSSR count). The highest BCUT2D eigenvalue weighted by atomic mass is 35.5. The number of anilines is 1. The minimum atomic E-state index is -1.01.